The number of methoxy groups -OCH3 is 1. The maximum Gasteiger partial charge on any atom is 0.194 e. The van der Waals surface area contributed by atoms with Crippen molar-refractivity contribution < 1.29 is 14.2 Å². The summed E-state index contributed by atoms with van der Waals surface area (Å²) in [6.07, 6.45) is 2.28. The Labute approximate surface area is 179 Å². The molecule has 2 saturated heterocycles. The molecule has 2 aliphatic rings. The van der Waals surface area contributed by atoms with Crippen molar-refractivity contribution in [2.24, 2.45) is 0 Å². The monoisotopic (exact) mass is 427 g/mol. The molecule has 0 aliphatic carbocycles. The van der Waals surface area contributed by atoms with Crippen LogP contribution in [0.1, 0.15) is 19.3 Å². The zero-order chi connectivity index (χ0) is 21.4. The SMILES string of the molecule is COc1cc2ncc(-c3cccc(N[C@@H]4CNCC[C@H]4F)n3)n2nc1N1CCCC1O. The van der Waals surface area contributed by atoms with Gasteiger partial charge in [-0.3, -0.25) is 0 Å². The molecule has 2 aliphatic heterocycles. The Morgan fingerprint density at radius 3 is 3.00 bits per heavy atom. The van der Waals surface area contributed by atoms with Crippen molar-refractivity contribution in [3.05, 3.63) is 30.5 Å². The Balaban J connectivity index is 1.50. The summed E-state index contributed by atoms with van der Waals surface area (Å²) in [4.78, 5) is 11.0. The highest BCUT2D eigenvalue weighted by Gasteiger charge is 2.28. The van der Waals surface area contributed by atoms with E-state index in [1.165, 1.54) is 0 Å². The Kier molecular flexibility index (Phi) is 5.33. The maximum atomic E-state index is 14.2. The number of nitrogens with one attached hydrogen (secondary N) is 2. The van der Waals surface area contributed by atoms with Crippen LogP contribution in [0.5, 0.6) is 5.75 Å². The predicted octanol–water partition coefficient (Wildman–Crippen LogP) is 1.83. The van der Waals surface area contributed by atoms with Gasteiger partial charge in [-0.2, -0.15) is 0 Å². The van der Waals surface area contributed by atoms with Crippen molar-refractivity contribution in [3.8, 4) is 17.1 Å². The normalized spacial score (nSPS) is 24.0. The number of ether oxygens (including phenoxy) is 1. The van der Waals surface area contributed by atoms with E-state index in [1.807, 2.05) is 23.1 Å². The van der Waals surface area contributed by atoms with Gasteiger partial charge in [0.1, 0.15) is 23.9 Å². The second-order valence-corrected chi connectivity index (χ2v) is 7.93. The molecule has 0 aromatic carbocycles. The van der Waals surface area contributed by atoms with Crippen LogP contribution in [0.3, 0.4) is 0 Å². The fourth-order valence-corrected chi connectivity index (χ4v) is 4.23. The lowest BCUT2D eigenvalue weighted by Crippen LogP contribution is -2.46. The Hall–Kier alpha value is -2.98. The number of aliphatic hydroxyl groups is 1. The van der Waals surface area contributed by atoms with E-state index >= 15 is 0 Å². The minimum Gasteiger partial charge on any atom is -0.493 e. The number of halogens is 1. The molecule has 0 amide bonds. The van der Waals surface area contributed by atoms with Crippen molar-refractivity contribution in [2.75, 3.05) is 37.0 Å². The van der Waals surface area contributed by atoms with Crippen LogP contribution >= 0.6 is 0 Å². The number of alkyl halides is 1. The van der Waals surface area contributed by atoms with Crippen molar-refractivity contribution in [3.63, 3.8) is 0 Å². The van der Waals surface area contributed by atoms with Crippen LogP contribution in [0.4, 0.5) is 16.0 Å². The zero-order valence-electron chi connectivity index (χ0n) is 17.3. The first-order valence-corrected chi connectivity index (χ1v) is 10.6. The molecule has 164 valence electrons. The molecule has 2 fully saturated rings. The van der Waals surface area contributed by atoms with E-state index in [0.717, 1.165) is 6.42 Å². The average molecular weight is 427 g/mol. The van der Waals surface area contributed by atoms with Crippen molar-refractivity contribution in [2.45, 2.75) is 37.7 Å². The molecule has 0 bridgehead atoms. The first kappa shape index (κ1) is 20.0. The van der Waals surface area contributed by atoms with E-state index in [1.54, 1.807) is 23.9 Å². The van der Waals surface area contributed by atoms with Gasteiger partial charge in [0.05, 0.1) is 25.0 Å². The van der Waals surface area contributed by atoms with E-state index in [4.69, 9.17) is 9.84 Å². The van der Waals surface area contributed by atoms with Gasteiger partial charge in [-0.15, -0.1) is 5.10 Å². The van der Waals surface area contributed by atoms with Gasteiger partial charge in [0.2, 0.25) is 0 Å². The number of anilines is 2. The van der Waals surface area contributed by atoms with Crippen LogP contribution < -0.4 is 20.3 Å². The Morgan fingerprint density at radius 2 is 2.23 bits per heavy atom. The molecule has 3 N–H and O–H groups in total. The van der Waals surface area contributed by atoms with Gasteiger partial charge in [-0.1, -0.05) is 6.07 Å². The van der Waals surface area contributed by atoms with E-state index in [2.05, 4.69) is 20.6 Å². The largest absolute Gasteiger partial charge is 0.493 e. The zero-order valence-corrected chi connectivity index (χ0v) is 17.3. The number of pyridine rings is 1. The minimum atomic E-state index is -0.911. The summed E-state index contributed by atoms with van der Waals surface area (Å²) in [6, 6.07) is 7.07. The van der Waals surface area contributed by atoms with Crippen LogP contribution in [0, 0.1) is 0 Å². The fourth-order valence-electron chi connectivity index (χ4n) is 4.23. The number of piperidine rings is 1. The van der Waals surface area contributed by atoms with Crippen molar-refractivity contribution in [1.29, 1.82) is 0 Å². The van der Waals surface area contributed by atoms with Gasteiger partial charge in [-0.25, -0.2) is 18.9 Å². The number of rotatable bonds is 5. The van der Waals surface area contributed by atoms with Gasteiger partial charge in [-0.05, 0) is 37.9 Å². The summed E-state index contributed by atoms with van der Waals surface area (Å²) in [5.41, 5.74) is 1.99. The van der Waals surface area contributed by atoms with Crippen LogP contribution in [0.2, 0.25) is 0 Å². The molecule has 3 atom stereocenters. The lowest BCUT2D eigenvalue weighted by Gasteiger charge is -2.28. The van der Waals surface area contributed by atoms with Crippen molar-refractivity contribution in [1.82, 2.24) is 24.9 Å². The molecule has 3 aromatic rings. The molecule has 31 heavy (non-hydrogen) atoms. The van der Waals surface area contributed by atoms with Crippen LogP contribution in [0.25, 0.3) is 17.0 Å². The quantitative estimate of drug-likeness (QED) is 0.567. The number of nitrogens with zero attached hydrogens (tertiary/aromatic N) is 5. The third-order valence-corrected chi connectivity index (χ3v) is 5.90. The van der Waals surface area contributed by atoms with E-state index in [0.29, 0.717) is 66.9 Å². The summed E-state index contributed by atoms with van der Waals surface area (Å²) < 4.78 is 21.4. The Bertz CT molecular complexity index is 1080. The third-order valence-electron chi connectivity index (χ3n) is 5.90. The minimum absolute atomic E-state index is 0.315. The Morgan fingerprint density at radius 1 is 1.32 bits per heavy atom. The second-order valence-electron chi connectivity index (χ2n) is 7.93. The molecule has 0 spiro atoms. The highest BCUT2D eigenvalue weighted by atomic mass is 19.1. The summed E-state index contributed by atoms with van der Waals surface area (Å²) in [5, 5.41) is 21.5. The summed E-state index contributed by atoms with van der Waals surface area (Å²) in [7, 11) is 1.58. The number of aromatic nitrogens is 4. The van der Waals surface area contributed by atoms with Gasteiger partial charge >= 0.3 is 0 Å². The topological polar surface area (TPSA) is 99.8 Å². The second kappa shape index (κ2) is 8.27. The molecule has 5 rings (SSSR count). The first-order chi connectivity index (χ1) is 15.1. The average Bonchev–Trinajstić information content (AvgIpc) is 3.40. The van der Waals surface area contributed by atoms with E-state index < -0.39 is 12.4 Å². The molecular formula is C21H26FN7O2. The van der Waals surface area contributed by atoms with Gasteiger partial charge in [0.15, 0.2) is 17.2 Å². The smallest absolute Gasteiger partial charge is 0.194 e. The van der Waals surface area contributed by atoms with Crippen LogP contribution in [-0.2, 0) is 0 Å². The molecule has 0 saturated carbocycles. The maximum absolute atomic E-state index is 14.2. The number of fused-ring (bicyclic) bond motifs is 1. The van der Waals surface area contributed by atoms with Gasteiger partial charge in [0, 0.05) is 19.2 Å². The standard InChI is InChI=1S/C21H26FN7O2/c1-31-17-10-19-24-12-16(29(19)27-21(17)28-9-3-6-20(28)30)14-4-2-5-18(25-14)26-15-11-23-8-7-13(15)22/h2,4-5,10,12-13,15,20,23,30H,3,6-9,11H2,1H3,(H,25,26)/t13-,15-,20?/m1/s1. The van der Waals surface area contributed by atoms with Crippen molar-refractivity contribution >= 4 is 17.3 Å². The highest BCUT2D eigenvalue weighted by Crippen LogP contribution is 2.33. The third kappa shape index (κ3) is 3.77. The van der Waals surface area contributed by atoms with Gasteiger partial charge in [0.25, 0.3) is 0 Å². The number of imidazole rings is 1. The summed E-state index contributed by atoms with van der Waals surface area (Å²) >= 11 is 0. The lowest BCUT2D eigenvalue weighted by molar-refractivity contribution is 0.184. The summed E-state index contributed by atoms with van der Waals surface area (Å²) in [5.74, 6) is 1.74. The fraction of sp³-hybridized carbons (Fsp3) is 0.476. The molecule has 5 heterocycles. The van der Waals surface area contributed by atoms with E-state index in [9.17, 15) is 9.50 Å². The molecule has 1 unspecified atom stereocenters. The molecule has 0 radical (unpaired) electrons. The summed E-state index contributed by atoms with van der Waals surface area (Å²) in [6.45, 7) is 1.96. The van der Waals surface area contributed by atoms with Gasteiger partial charge < -0.3 is 25.4 Å². The number of aliphatic hydroxyl groups excluding tert-OH is 1. The number of hydrogen-bond donors (Lipinski definition) is 3. The van der Waals surface area contributed by atoms with Crippen LogP contribution in [-0.4, -0.2) is 69.9 Å². The highest BCUT2D eigenvalue weighted by molar-refractivity contribution is 5.65. The molecule has 3 aromatic heterocycles. The molecule has 9 nitrogen and oxygen atoms in total. The predicted molar refractivity (Wildman–Crippen MR) is 115 cm³/mol. The number of hydrogen-bond acceptors (Lipinski definition) is 8. The molecular weight excluding hydrogens is 401 g/mol. The lowest BCUT2D eigenvalue weighted by atomic mass is 10.1. The molecule has 10 heteroatoms. The first-order valence-electron chi connectivity index (χ1n) is 10.6. The van der Waals surface area contributed by atoms with Crippen LogP contribution in [0.15, 0.2) is 30.5 Å². The van der Waals surface area contributed by atoms with E-state index in [-0.39, 0.29) is 6.04 Å².